The Morgan fingerprint density at radius 1 is 0.447 bits per heavy atom. The second-order valence-corrected chi connectivity index (χ2v) is 30.6. The monoisotopic (exact) mass is 1730 g/mol. The molecule has 0 fully saturated rings. The molecule has 4 atom stereocenters. The number of methoxy groups -OCH3 is 1. The van der Waals surface area contributed by atoms with Crippen molar-refractivity contribution in [2.75, 3.05) is 59.7 Å². The van der Waals surface area contributed by atoms with Crippen LogP contribution in [-0.2, 0) is 57.0 Å². The van der Waals surface area contributed by atoms with Gasteiger partial charge in [-0.05, 0) is 207 Å². The highest BCUT2D eigenvalue weighted by molar-refractivity contribution is 9.10. The maximum Gasteiger partial charge on any atom is 0.416 e. The molecule has 4 amide bonds. The smallest absolute Gasteiger partial charge is 0.416 e. The van der Waals surface area contributed by atoms with Crippen molar-refractivity contribution in [3.8, 4) is 5.75 Å². The van der Waals surface area contributed by atoms with Gasteiger partial charge in [0.05, 0.1) is 44.7 Å². The summed E-state index contributed by atoms with van der Waals surface area (Å²) in [5.74, 6) is -0.831. The second kappa shape index (κ2) is 34.5. The van der Waals surface area contributed by atoms with Crippen molar-refractivity contribution in [2.24, 2.45) is 5.92 Å². The third kappa shape index (κ3) is 17.1. The highest BCUT2D eigenvalue weighted by Crippen LogP contribution is 2.46. The van der Waals surface area contributed by atoms with Crippen molar-refractivity contribution in [3.05, 3.63) is 273 Å². The van der Waals surface area contributed by atoms with Gasteiger partial charge in [-0.15, -0.1) is 0 Å². The summed E-state index contributed by atoms with van der Waals surface area (Å²) < 4.78 is 136. The van der Waals surface area contributed by atoms with Gasteiger partial charge in [0.25, 0.3) is 0 Å². The first-order chi connectivity index (χ1) is 54.6. The van der Waals surface area contributed by atoms with Crippen LogP contribution in [0.25, 0.3) is 43.6 Å². The zero-order valence-electron chi connectivity index (χ0n) is 62.5. The number of fused-ring (bicyclic) bond motifs is 12. The highest BCUT2D eigenvalue weighted by Gasteiger charge is 2.42. The maximum absolute atomic E-state index is 14.6. The zero-order chi connectivity index (χ0) is 81.2. The number of benzene rings is 8. The molecule has 4 aromatic heterocycles. The molecule has 4 aliphatic rings. The Labute approximate surface area is 677 Å². The first-order valence-corrected chi connectivity index (χ1v) is 39.3. The quantitative estimate of drug-likeness (QED) is 0.0762. The number of amides is 4. The predicted octanol–water partition coefficient (Wildman–Crippen LogP) is 22.9. The summed E-state index contributed by atoms with van der Waals surface area (Å²) in [6.45, 7) is 11.9. The molecule has 8 heterocycles. The maximum atomic E-state index is 14.6. The van der Waals surface area contributed by atoms with E-state index in [0.717, 1.165) is 134 Å². The largest absolute Gasteiger partial charge is 0.497 e. The van der Waals surface area contributed by atoms with E-state index in [1.165, 1.54) is 45.7 Å². The van der Waals surface area contributed by atoms with Crippen molar-refractivity contribution < 1.29 is 78.0 Å². The van der Waals surface area contributed by atoms with Crippen LogP contribution < -0.4 is 4.74 Å². The Bertz CT molecular complexity index is 5560. The van der Waals surface area contributed by atoms with Gasteiger partial charge in [-0.3, -0.25) is 19.6 Å². The lowest BCUT2D eigenvalue weighted by atomic mass is 9.92. The van der Waals surface area contributed by atoms with Crippen molar-refractivity contribution in [3.63, 3.8) is 0 Å². The molecule has 596 valence electrons. The van der Waals surface area contributed by atoms with Crippen LogP contribution in [0.4, 0.5) is 54.3 Å². The minimum absolute atomic E-state index is 0.106. The number of ether oxygens (including phenoxy) is 5. The molecule has 0 saturated carbocycles. The molecule has 4 unspecified atom stereocenters. The van der Waals surface area contributed by atoms with E-state index in [0.29, 0.717) is 78.9 Å². The first kappa shape index (κ1) is 81.8. The summed E-state index contributed by atoms with van der Waals surface area (Å²) in [5, 5.41) is 5.37. The van der Waals surface area contributed by atoms with Crippen molar-refractivity contribution in [1.82, 2.24) is 39.5 Å². The van der Waals surface area contributed by atoms with Gasteiger partial charge in [0.2, 0.25) is 0 Å². The van der Waals surface area contributed by atoms with Gasteiger partial charge in [0.1, 0.15) is 29.9 Å². The number of aromatic nitrogens is 4. The molecule has 0 aliphatic carbocycles. The van der Waals surface area contributed by atoms with Crippen LogP contribution in [0.3, 0.4) is 0 Å². The number of aromatic amines is 4. The summed E-state index contributed by atoms with van der Waals surface area (Å²) in [6, 6.07) is 42.5. The lowest BCUT2D eigenvalue weighted by Crippen LogP contribution is -2.41. The molecule has 0 saturated heterocycles. The Hall–Kier alpha value is -10.2. The number of nitrogens with one attached hydrogen (secondary N) is 4. The number of hydrogen-bond donors (Lipinski definition) is 4. The second-order valence-electron chi connectivity index (χ2n) is 27.9. The van der Waals surface area contributed by atoms with Crippen LogP contribution in [0.5, 0.6) is 5.75 Å². The topological polar surface area (TPSA) is 191 Å². The molecule has 114 heavy (non-hydrogen) atoms. The van der Waals surface area contributed by atoms with E-state index in [4.69, 9.17) is 46.9 Å². The van der Waals surface area contributed by atoms with Crippen molar-refractivity contribution in [1.29, 1.82) is 0 Å². The molecule has 0 bridgehead atoms. The molecular weight excluding hydrogens is 1660 g/mol. The van der Waals surface area contributed by atoms with Gasteiger partial charge in [0, 0.05) is 117 Å². The summed E-state index contributed by atoms with van der Waals surface area (Å²) >= 11 is 19.3. The van der Waals surface area contributed by atoms with Crippen LogP contribution in [0.2, 0.25) is 10.0 Å². The van der Waals surface area contributed by atoms with Crippen LogP contribution in [-0.4, -0.2) is 124 Å². The van der Waals surface area contributed by atoms with Gasteiger partial charge in [-0.25, -0.2) is 28.0 Å². The van der Waals surface area contributed by atoms with Gasteiger partial charge in [0.15, 0.2) is 11.6 Å². The molecule has 12 aromatic rings. The molecule has 0 spiro atoms. The Balaban J connectivity index is 0.000000133. The van der Waals surface area contributed by atoms with Crippen molar-refractivity contribution >= 4 is 123 Å². The van der Waals surface area contributed by atoms with E-state index >= 15 is 0 Å². The average molecular weight is 1740 g/mol. The number of rotatable bonds is 10. The fraction of sp³-hybridized carbons (Fsp3) is 0.294. The Kier molecular flexibility index (Phi) is 24.7. The summed E-state index contributed by atoms with van der Waals surface area (Å²) in [4.78, 5) is 70.4. The van der Waals surface area contributed by atoms with Crippen molar-refractivity contribution in [2.45, 2.75) is 96.8 Å². The number of carbonyl (C=O) groups is 4. The number of halogens is 12. The fourth-order valence-electron chi connectivity index (χ4n) is 15.4. The van der Waals surface area contributed by atoms with Gasteiger partial charge in [-0.1, -0.05) is 117 Å². The summed E-state index contributed by atoms with van der Waals surface area (Å²) in [5.41, 5.74) is 11.6. The van der Waals surface area contributed by atoms with Gasteiger partial charge >= 0.3 is 36.7 Å². The standard InChI is InChI=1S/C23H25ClN2O3.C21H18BrF3N2O2.C21H18ClF3N2O2.C20H17BrF2N2O2/c1-14(2)13-29-23(27)26-11-10-18-19-12-16(24)6-9-20(19)25-21(18)22(26)15-4-7-17(28-3)8-5-15;1-2-29-20(28)27-9-8-15-16-11-14(22)6-7-17(16)26-18(15)19(27)12-4-3-5-13(10-12)21(23,24)25;1-2-29-20(28)27-10-9-15-16-11-14(22)7-8-17(16)26-18(15)19(27)12-3-5-13(6-4-12)21(23,24)25;1-2-27-20(26)25-9-8-12-14-10-11(21)6-7-16(14)24-18(12)19(25)13-4-3-5-15(22)17(13)23/h4-9,12,14,22,25H,10-11,13H2,1-3H3;3-7,10-11,19,26H,2,8-9H2,1H3;3-8,11,19,26H,2,9-10H2,1H3;3-7,10,19,24H,2,8-9H2,1H3. The molecule has 4 aliphatic heterocycles. The summed E-state index contributed by atoms with van der Waals surface area (Å²) in [6.07, 6.45) is -8.25. The van der Waals surface area contributed by atoms with E-state index < -0.39 is 71.5 Å². The van der Waals surface area contributed by atoms with E-state index in [1.807, 2.05) is 110 Å². The van der Waals surface area contributed by atoms with E-state index in [9.17, 15) is 54.3 Å². The number of carbonyl (C=O) groups excluding carboxylic acids is 4. The number of hydrogen-bond acceptors (Lipinski definition) is 9. The highest BCUT2D eigenvalue weighted by atomic mass is 79.9. The van der Waals surface area contributed by atoms with Crippen LogP contribution in [0.1, 0.15) is 137 Å². The third-order valence-electron chi connectivity index (χ3n) is 20.4. The third-order valence-corrected chi connectivity index (χ3v) is 21.9. The molecule has 16 rings (SSSR count). The number of alkyl halides is 6. The lowest BCUT2D eigenvalue weighted by molar-refractivity contribution is -0.138. The van der Waals surface area contributed by atoms with Crippen LogP contribution in [0, 0.1) is 17.6 Å². The molecular formula is C85H78Br2Cl2F8N8O9. The average Bonchev–Trinajstić information content (AvgIpc) is 1.60. The summed E-state index contributed by atoms with van der Waals surface area (Å²) in [7, 11) is 1.64. The molecule has 4 N–H and O–H groups in total. The zero-order valence-corrected chi connectivity index (χ0v) is 67.1. The SMILES string of the molecule is CCOC(=O)N1CCc2c([nH]c3ccc(Br)cc23)C1c1cccc(C(F)(F)F)c1.CCOC(=O)N1CCc2c([nH]c3ccc(Br)cc23)C1c1cccc(F)c1F.CCOC(=O)N1CCc2c([nH]c3ccc(Cl)cc23)C1c1ccc(C(F)(F)F)cc1.COc1ccc(C2c3[nH]c4ccc(Cl)cc4c3CCN2C(=O)OCC(C)C)cc1. The van der Waals surface area contributed by atoms with E-state index in [2.05, 4.69) is 51.8 Å². The normalized spacial score (nSPS) is 16.5. The lowest BCUT2D eigenvalue weighted by Gasteiger charge is -2.35. The molecule has 17 nitrogen and oxygen atoms in total. The van der Waals surface area contributed by atoms with Gasteiger partial charge in [-0.2, -0.15) is 26.3 Å². The number of H-pyrrole nitrogens is 4. The van der Waals surface area contributed by atoms with Gasteiger partial charge < -0.3 is 43.6 Å². The molecule has 0 radical (unpaired) electrons. The minimum Gasteiger partial charge on any atom is -0.497 e. The van der Waals surface area contributed by atoms with E-state index in [-0.39, 0.29) is 43.4 Å². The Morgan fingerprint density at radius 3 is 1.22 bits per heavy atom. The minimum atomic E-state index is -4.46. The first-order valence-electron chi connectivity index (χ1n) is 36.9. The molecule has 8 aromatic carbocycles. The number of nitrogens with zero attached hydrogens (tertiary/aromatic N) is 4. The Morgan fingerprint density at radius 2 is 0.816 bits per heavy atom. The van der Waals surface area contributed by atoms with Crippen LogP contribution in [0.15, 0.2) is 173 Å². The van der Waals surface area contributed by atoms with Crippen LogP contribution >= 0.6 is 55.1 Å². The van der Waals surface area contributed by atoms with E-state index in [1.54, 1.807) is 44.9 Å². The molecule has 29 heteroatoms. The fourth-order valence-corrected chi connectivity index (χ4v) is 16.5. The predicted molar refractivity (Wildman–Crippen MR) is 427 cm³/mol.